The monoisotopic (exact) mass is 320 g/mol. The molecule has 3 heteroatoms. The van der Waals surface area contributed by atoms with Crippen molar-refractivity contribution in [1.29, 1.82) is 0 Å². The second-order valence-corrected chi connectivity index (χ2v) is 9.78. The molecule has 0 aliphatic heterocycles. The van der Waals surface area contributed by atoms with E-state index in [1.165, 1.54) is 38.5 Å². The molecular formula is C20H32O3. The Morgan fingerprint density at radius 1 is 1.04 bits per heavy atom. The van der Waals surface area contributed by atoms with Crippen LogP contribution in [0, 0.1) is 39.9 Å². The average Bonchev–Trinajstić information content (AvgIpc) is 2.77. The highest BCUT2D eigenvalue weighted by Gasteiger charge is 2.65. The Morgan fingerprint density at radius 2 is 1.83 bits per heavy atom. The van der Waals surface area contributed by atoms with Gasteiger partial charge in [-0.15, -0.1) is 0 Å². The Bertz CT molecular complexity index is 517. The van der Waals surface area contributed by atoms with Crippen molar-refractivity contribution < 1.29 is 15.0 Å². The van der Waals surface area contributed by atoms with Gasteiger partial charge in [0.1, 0.15) is 0 Å². The SMILES string of the molecule is C[C@]12CCC[C@](C)(C(=O)O)[C@@H]1CC[C@@]13C[C@H](CO)[C@@H](CC[C@@H]12)C3. The Morgan fingerprint density at radius 3 is 2.52 bits per heavy atom. The predicted octanol–water partition coefficient (Wildman–Crippen LogP) is 4.09. The van der Waals surface area contributed by atoms with Crippen LogP contribution >= 0.6 is 0 Å². The number of hydrogen-bond donors (Lipinski definition) is 2. The molecule has 0 saturated heterocycles. The van der Waals surface area contributed by atoms with E-state index in [0.717, 1.165) is 25.2 Å². The molecule has 4 aliphatic carbocycles. The third kappa shape index (κ3) is 1.95. The average molecular weight is 320 g/mol. The van der Waals surface area contributed by atoms with Crippen LogP contribution in [0.1, 0.15) is 71.6 Å². The molecule has 2 N–H and O–H groups in total. The second kappa shape index (κ2) is 4.97. The summed E-state index contributed by atoms with van der Waals surface area (Å²) in [6.07, 6.45) is 10.4. The molecule has 0 amide bonds. The zero-order valence-corrected chi connectivity index (χ0v) is 14.7. The molecular weight excluding hydrogens is 288 g/mol. The lowest BCUT2D eigenvalue weighted by molar-refractivity contribution is -0.181. The Hall–Kier alpha value is -0.570. The van der Waals surface area contributed by atoms with Crippen molar-refractivity contribution in [3.05, 3.63) is 0 Å². The molecule has 4 saturated carbocycles. The highest BCUT2D eigenvalue weighted by Crippen LogP contribution is 2.72. The van der Waals surface area contributed by atoms with Gasteiger partial charge in [0.2, 0.25) is 0 Å². The predicted molar refractivity (Wildman–Crippen MR) is 88.9 cm³/mol. The zero-order chi connectivity index (χ0) is 16.5. The number of rotatable bonds is 2. The molecule has 3 nitrogen and oxygen atoms in total. The van der Waals surface area contributed by atoms with E-state index >= 15 is 0 Å². The lowest BCUT2D eigenvalue weighted by atomic mass is 9.41. The summed E-state index contributed by atoms with van der Waals surface area (Å²) in [7, 11) is 0. The van der Waals surface area contributed by atoms with E-state index in [0.29, 0.717) is 29.8 Å². The maximum absolute atomic E-state index is 12.1. The van der Waals surface area contributed by atoms with Crippen LogP contribution in [0.2, 0.25) is 0 Å². The minimum absolute atomic E-state index is 0.193. The summed E-state index contributed by atoms with van der Waals surface area (Å²) in [6.45, 7) is 4.80. The fraction of sp³-hybridized carbons (Fsp3) is 0.950. The molecule has 1 spiro atoms. The lowest BCUT2D eigenvalue weighted by Crippen LogP contribution is -2.58. The number of aliphatic hydroxyl groups excluding tert-OH is 1. The molecule has 130 valence electrons. The number of aliphatic hydroxyl groups is 1. The fourth-order valence-electron chi connectivity index (χ4n) is 8.06. The summed E-state index contributed by atoms with van der Waals surface area (Å²) in [6, 6.07) is 0. The number of fused-ring (bicyclic) bond motifs is 3. The Kier molecular flexibility index (Phi) is 3.44. The molecule has 4 fully saturated rings. The third-order valence-electron chi connectivity index (χ3n) is 9.00. The summed E-state index contributed by atoms with van der Waals surface area (Å²) < 4.78 is 0. The molecule has 4 rings (SSSR count). The summed E-state index contributed by atoms with van der Waals surface area (Å²) in [4.78, 5) is 12.1. The van der Waals surface area contributed by atoms with E-state index in [9.17, 15) is 15.0 Å². The molecule has 0 aromatic heterocycles. The lowest BCUT2D eigenvalue weighted by Gasteiger charge is -2.63. The van der Waals surface area contributed by atoms with Crippen LogP contribution in [0.15, 0.2) is 0 Å². The van der Waals surface area contributed by atoms with Gasteiger partial charge in [0.05, 0.1) is 5.41 Å². The molecule has 2 bridgehead atoms. The van der Waals surface area contributed by atoms with Gasteiger partial charge in [0, 0.05) is 6.61 Å². The minimum atomic E-state index is -0.572. The first-order valence-corrected chi connectivity index (χ1v) is 9.70. The van der Waals surface area contributed by atoms with E-state index in [1.807, 2.05) is 6.92 Å². The van der Waals surface area contributed by atoms with Crippen LogP contribution in [-0.2, 0) is 4.79 Å². The molecule has 23 heavy (non-hydrogen) atoms. The van der Waals surface area contributed by atoms with Crippen molar-refractivity contribution in [2.75, 3.05) is 6.61 Å². The second-order valence-electron chi connectivity index (χ2n) is 9.78. The van der Waals surface area contributed by atoms with Crippen LogP contribution in [0.4, 0.5) is 0 Å². The summed E-state index contributed by atoms with van der Waals surface area (Å²) >= 11 is 0. The van der Waals surface area contributed by atoms with E-state index in [1.54, 1.807) is 0 Å². The number of hydrogen-bond acceptors (Lipinski definition) is 2. The quantitative estimate of drug-likeness (QED) is 0.805. The van der Waals surface area contributed by atoms with Gasteiger partial charge in [-0.3, -0.25) is 4.79 Å². The van der Waals surface area contributed by atoms with Gasteiger partial charge in [0.15, 0.2) is 0 Å². The summed E-state index contributed by atoms with van der Waals surface area (Å²) in [5.41, 5.74) is 0.0811. The normalized spacial score (nSPS) is 55.1. The van der Waals surface area contributed by atoms with Gasteiger partial charge in [-0.1, -0.05) is 13.3 Å². The summed E-state index contributed by atoms with van der Waals surface area (Å²) in [5.74, 6) is 1.68. The van der Waals surface area contributed by atoms with Gasteiger partial charge in [-0.05, 0) is 92.8 Å². The number of aliphatic carboxylic acids is 1. The van der Waals surface area contributed by atoms with Gasteiger partial charge < -0.3 is 10.2 Å². The highest BCUT2D eigenvalue weighted by molar-refractivity contribution is 5.75. The standard InChI is InChI=1S/C20H32O3/c1-18-7-3-8-19(2,17(22)23)15(18)6-9-20-10-13(4-5-16(18)20)14(11-20)12-21/h13-16,21H,3-12H2,1-2H3,(H,22,23)/t13-,14+,15+,16+,18-,19-,20+/m0/s1. The fourth-order valence-corrected chi connectivity index (χ4v) is 8.06. The number of carbonyl (C=O) groups is 1. The first-order valence-electron chi connectivity index (χ1n) is 9.70. The molecule has 7 atom stereocenters. The molecule has 0 aromatic carbocycles. The van der Waals surface area contributed by atoms with Crippen LogP contribution in [0.5, 0.6) is 0 Å². The van der Waals surface area contributed by atoms with Crippen LogP contribution in [0.3, 0.4) is 0 Å². The van der Waals surface area contributed by atoms with E-state index in [2.05, 4.69) is 6.92 Å². The maximum Gasteiger partial charge on any atom is 0.309 e. The molecule has 0 unspecified atom stereocenters. The number of carboxylic acids is 1. The first kappa shape index (κ1) is 15.9. The topological polar surface area (TPSA) is 57.5 Å². The van der Waals surface area contributed by atoms with E-state index < -0.39 is 11.4 Å². The third-order valence-corrected chi connectivity index (χ3v) is 9.00. The highest BCUT2D eigenvalue weighted by atomic mass is 16.4. The van der Waals surface area contributed by atoms with Crippen LogP contribution in [-0.4, -0.2) is 22.8 Å². The zero-order valence-electron chi connectivity index (χ0n) is 14.7. The van der Waals surface area contributed by atoms with Crippen molar-refractivity contribution in [2.24, 2.45) is 39.9 Å². The smallest absolute Gasteiger partial charge is 0.309 e. The number of carboxylic acid groups (broad SMARTS) is 1. The van der Waals surface area contributed by atoms with Crippen molar-refractivity contribution in [3.8, 4) is 0 Å². The van der Waals surface area contributed by atoms with Crippen molar-refractivity contribution in [2.45, 2.75) is 71.6 Å². The van der Waals surface area contributed by atoms with Gasteiger partial charge in [-0.2, -0.15) is 0 Å². The van der Waals surface area contributed by atoms with Gasteiger partial charge >= 0.3 is 5.97 Å². The van der Waals surface area contributed by atoms with Crippen molar-refractivity contribution in [1.82, 2.24) is 0 Å². The van der Waals surface area contributed by atoms with Crippen LogP contribution in [0.25, 0.3) is 0 Å². The van der Waals surface area contributed by atoms with Crippen molar-refractivity contribution >= 4 is 5.97 Å². The largest absolute Gasteiger partial charge is 0.481 e. The van der Waals surface area contributed by atoms with E-state index in [4.69, 9.17) is 0 Å². The maximum atomic E-state index is 12.1. The van der Waals surface area contributed by atoms with E-state index in [-0.39, 0.29) is 5.41 Å². The van der Waals surface area contributed by atoms with Crippen LogP contribution < -0.4 is 0 Å². The summed E-state index contributed by atoms with van der Waals surface area (Å²) in [5, 5.41) is 19.7. The van der Waals surface area contributed by atoms with Gasteiger partial charge in [0.25, 0.3) is 0 Å². The van der Waals surface area contributed by atoms with Gasteiger partial charge in [-0.25, -0.2) is 0 Å². The first-order chi connectivity index (χ1) is 10.9. The minimum Gasteiger partial charge on any atom is -0.481 e. The molecule has 0 aromatic rings. The molecule has 4 aliphatic rings. The van der Waals surface area contributed by atoms with Crippen molar-refractivity contribution in [3.63, 3.8) is 0 Å². The Balaban J connectivity index is 1.71. The molecule has 0 radical (unpaired) electrons. The Labute approximate surface area is 139 Å². The molecule has 0 heterocycles.